The summed E-state index contributed by atoms with van der Waals surface area (Å²) in [6.45, 7) is 1.68. The second-order valence-electron chi connectivity index (χ2n) is 9.23. The van der Waals surface area contributed by atoms with Crippen molar-refractivity contribution < 1.29 is 39.9 Å². The number of aromatic nitrogens is 5. The summed E-state index contributed by atoms with van der Waals surface area (Å²) in [7, 11) is 2.62. The van der Waals surface area contributed by atoms with Crippen molar-refractivity contribution >= 4 is 28.6 Å². The number of carbonyl (C=O) groups is 1. The molecule has 0 fully saturated rings. The number of nitrogen functional groups attached to an aromatic ring is 1. The maximum atomic E-state index is 14.4. The van der Waals surface area contributed by atoms with Crippen molar-refractivity contribution in [3.05, 3.63) is 87.6 Å². The molecule has 3 N–H and O–H groups in total. The minimum Gasteiger partial charge on any atom is -0.399 e. The summed E-state index contributed by atoms with van der Waals surface area (Å²) in [4.78, 5) is 16.5. The van der Waals surface area contributed by atoms with Gasteiger partial charge in [0.05, 0.1) is 22.6 Å². The summed E-state index contributed by atoms with van der Waals surface area (Å²) >= 11 is 1.15. The van der Waals surface area contributed by atoms with Gasteiger partial charge < -0.3 is 11.1 Å². The highest BCUT2D eigenvalue weighted by Gasteiger charge is 2.36. The van der Waals surface area contributed by atoms with E-state index in [1.54, 1.807) is 6.92 Å². The number of amides is 1. The molecule has 3 heterocycles. The Labute approximate surface area is 247 Å². The molecule has 0 bridgehead atoms. The van der Waals surface area contributed by atoms with Crippen LogP contribution in [-0.4, -0.2) is 30.5 Å². The Morgan fingerprint density at radius 2 is 1.32 bits per heavy atom. The van der Waals surface area contributed by atoms with Crippen LogP contribution in [0.5, 0.6) is 0 Å². The van der Waals surface area contributed by atoms with Crippen molar-refractivity contribution in [2.24, 2.45) is 14.1 Å². The maximum Gasteiger partial charge on any atom is 0.435 e. The smallest absolute Gasteiger partial charge is 0.399 e. The highest BCUT2D eigenvalue weighted by atomic mass is 32.1. The predicted molar refractivity (Wildman–Crippen MR) is 146 cm³/mol. The van der Waals surface area contributed by atoms with Crippen LogP contribution in [0.3, 0.4) is 0 Å². The zero-order chi connectivity index (χ0) is 32.6. The van der Waals surface area contributed by atoms with E-state index in [1.165, 1.54) is 43.9 Å². The van der Waals surface area contributed by atoms with Crippen LogP contribution in [0.15, 0.2) is 54.0 Å². The summed E-state index contributed by atoms with van der Waals surface area (Å²) in [6.07, 6.45) is -9.17. The first-order chi connectivity index (χ1) is 20.5. The molecule has 1 amide bonds. The van der Waals surface area contributed by atoms with Gasteiger partial charge in [-0.15, -0.1) is 11.3 Å². The van der Waals surface area contributed by atoms with E-state index in [0.29, 0.717) is 10.6 Å². The minimum absolute atomic E-state index is 0.0222. The Hall–Kier alpha value is -4.80. The van der Waals surface area contributed by atoms with E-state index < -0.39 is 41.3 Å². The van der Waals surface area contributed by atoms with Gasteiger partial charge in [-0.3, -0.25) is 14.2 Å². The van der Waals surface area contributed by atoms with Gasteiger partial charge in [0.25, 0.3) is 5.91 Å². The summed E-state index contributed by atoms with van der Waals surface area (Å²) in [6, 6.07) is 9.11. The van der Waals surface area contributed by atoms with Gasteiger partial charge in [-0.2, -0.15) is 36.5 Å². The van der Waals surface area contributed by atoms with E-state index in [2.05, 4.69) is 20.5 Å². The third-order valence-electron chi connectivity index (χ3n) is 6.06. The van der Waals surface area contributed by atoms with E-state index in [4.69, 9.17) is 5.73 Å². The second-order valence-corrected chi connectivity index (χ2v) is 10.1. The van der Waals surface area contributed by atoms with Gasteiger partial charge in [0.1, 0.15) is 16.5 Å². The van der Waals surface area contributed by atoms with Crippen LogP contribution in [0, 0.1) is 18.6 Å². The molecule has 0 aliphatic rings. The number of alkyl halides is 6. The number of rotatable bonds is 4. The Kier molecular flexibility index (Phi) is 8.81. The average Bonchev–Trinajstić information content (AvgIpc) is 3.63. The van der Waals surface area contributed by atoms with E-state index >= 15 is 0 Å². The molecular weight excluding hydrogens is 622 g/mol. The first-order valence-electron chi connectivity index (χ1n) is 12.2. The Bertz CT molecular complexity index is 1820. The molecule has 0 atom stereocenters. The van der Waals surface area contributed by atoms with Crippen molar-refractivity contribution in [1.82, 2.24) is 24.5 Å². The van der Waals surface area contributed by atoms with Gasteiger partial charge in [-0.25, -0.2) is 13.8 Å². The molecule has 0 aliphatic heterocycles. The van der Waals surface area contributed by atoms with E-state index in [9.17, 15) is 39.9 Å². The lowest BCUT2D eigenvalue weighted by Gasteiger charge is -2.08. The summed E-state index contributed by atoms with van der Waals surface area (Å²) < 4.78 is 106. The van der Waals surface area contributed by atoms with Crippen LogP contribution in [0.25, 0.3) is 22.5 Å². The van der Waals surface area contributed by atoms with E-state index in [1.807, 2.05) is 0 Å². The normalized spacial score (nSPS) is 11.7. The largest absolute Gasteiger partial charge is 0.435 e. The number of benzene rings is 2. The molecule has 232 valence electrons. The number of nitrogens with one attached hydrogen (secondary N) is 1. The van der Waals surface area contributed by atoms with Gasteiger partial charge in [0.15, 0.2) is 11.4 Å². The number of nitrogens with zero attached hydrogens (tertiary/aromatic N) is 5. The number of halogens is 8. The lowest BCUT2D eigenvalue weighted by molar-refractivity contribution is -0.142. The van der Waals surface area contributed by atoms with Crippen molar-refractivity contribution in [2.45, 2.75) is 19.3 Å². The number of aryl methyl sites for hydroxylation is 3. The topological polar surface area (TPSA) is 104 Å². The van der Waals surface area contributed by atoms with Gasteiger partial charge in [0, 0.05) is 36.6 Å². The van der Waals surface area contributed by atoms with E-state index in [-0.39, 0.29) is 33.9 Å². The van der Waals surface area contributed by atoms with Crippen LogP contribution in [-0.2, 0) is 26.4 Å². The van der Waals surface area contributed by atoms with Crippen LogP contribution in [0.2, 0.25) is 0 Å². The lowest BCUT2D eigenvalue weighted by Crippen LogP contribution is -2.11. The quantitative estimate of drug-likeness (QED) is 0.161. The molecule has 17 heteroatoms. The molecule has 0 radical (unpaired) electrons. The molecule has 5 aromatic rings. The second kappa shape index (κ2) is 12.1. The highest BCUT2D eigenvalue weighted by Crippen LogP contribution is 2.34. The fourth-order valence-electron chi connectivity index (χ4n) is 3.96. The molecule has 0 spiro atoms. The molecule has 3 aromatic heterocycles. The molecule has 5 rings (SSSR count). The van der Waals surface area contributed by atoms with Crippen LogP contribution in [0.4, 0.5) is 46.5 Å². The number of carbonyl (C=O) groups excluding carboxylic acids is 1. The molecule has 2 aromatic carbocycles. The molecule has 8 nitrogen and oxygen atoms in total. The van der Waals surface area contributed by atoms with Gasteiger partial charge in [0.2, 0.25) is 0 Å². The number of nitrogens with two attached hydrogens (primary N) is 1. The highest BCUT2D eigenvalue weighted by molar-refractivity contribution is 7.12. The number of hydrogen-bond acceptors (Lipinski definition) is 6. The van der Waals surface area contributed by atoms with Gasteiger partial charge in [-0.1, -0.05) is 0 Å². The Morgan fingerprint density at radius 3 is 1.73 bits per heavy atom. The Morgan fingerprint density at radius 1 is 0.818 bits per heavy atom. The molecule has 0 saturated carbocycles. The zero-order valence-corrected chi connectivity index (χ0v) is 23.7. The summed E-state index contributed by atoms with van der Waals surface area (Å²) in [5.41, 5.74) is 5.66. The van der Waals surface area contributed by atoms with Crippen molar-refractivity contribution in [3.8, 4) is 22.5 Å². The average molecular weight is 644 g/mol. The van der Waals surface area contributed by atoms with Crippen LogP contribution < -0.4 is 11.1 Å². The summed E-state index contributed by atoms with van der Waals surface area (Å²) in [5, 5.41) is 9.22. The lowest BCUT2D eigenvalue weighted by atomic mass is 10.1. The molecule has 0 unspecified atom stereocenters. The molecule has 0 saturated heterocycles. The standard InChI is InChI=1S/C16H12F4N4OS.C11H9F4N3/c1-8-14(26-7-21-8)15(25)22-9-3-4-10(11(17)5-9)12-6-13(16(18,19)20)23-24(12)2;1-18-9(5-10(17-18)11(13,14)15)7-3-2-6(16)4-8(7)12/h3-7H,1-2H3,(H,22,25);2-5H,16H2,1H3. The third kappa shape index (κ3) is 7.04. The minimum atomic E-state index is -4.62. The van der Waals surface area contributed by atoms with Gasteiger partial charge in [-0.05, 0) is 55.5 Å². The number of anilines is 2. The zero-order valence-electron chi connectivity index (χ0n) is 22.8. The molecular formula is C27H21F8N7OS. The van der Waals surface area contributed by atoms with Crippen molar-refractivity contribution in [3.63, 3.8) is 0 Å². The SMILES string of the molecule is Cc1ncsc1C(=O)Nc1ccc(-c2cc(C(F)(F)F)nn2C)c(F)c1.Cn1nc(C(F)(F)F)cc1-c1ccc(N)cc1F. The fourth-order valence-corrected chi connectivity index (χ4v) is 4.66. The van der Waals surface area contributed by atoms with Crippen LogP contribution >= 0.6 is 11.3 Å². The monoisotopic (exact) mass is 643 g/mol. The van der Waals surface area contributed by atoms with Crippen molar-refractivity contribution in [2.75, 3.05) is 11.1 Å². The number of thiazole rings is 1. The fraction of sp³-hybridized carbons (Fsp3) is 0.185. The van der Waals surface area contributed by atoms with E-state index in [0.717, 1.165) is 45.0 Å². The van der Waals surface area contributed by atoms with Crippen LogP contribution in [0.1, 0.15) is 26.8 Å². The summed E-state index contributed by atoms with van der Waals surface area (Å²) in [5.74, 6) is -1.90. The van der Waals surface area contributed by atoms with Gasteiger partial charge >= 0.3 is 12.4 Å². The Balaban J connectivity index is 0.000000215. The first kappa shape index (κ1) is 32.1. The predicted octanol–water partition coefficient (Wildman–Crippen LogP) is 7.09. The third-order valence-corrected chi connectivity index (χ3v) is 6.99. The maximum absolute atomic E-state index is 14.4. The first-order valence-corrected chi connectivity index (χ1v) is 13.1. The number of hydrogen-bond donors (Lipinski definition) is 2. The molecule has 44 heavy (non-hydrogen) atoms. The molecule has 0 aliphatic carbocycles. The van der Waals surface area contributed by atoms with Crippen molar-refractivity contribution in [1.29, 1.82) is 0 Å².